The molecule has 0 amide bonds. The second-order valence-corrected chi connectivity index (χ2v) is 4.21. The van der Waals surface area contributed by atoms with Gasteiger partial charge in [0.2, 0.25) is 0 Å². The highest BCUT2D eigenvalue weighted by Crippen LogP contribution is 2.16. The van der Waals surface area contributed by atoms with Crippen molar-refractivity contribution in [3.8, 4) is 0 Å². The molecule has 0 aliphatic rings. The average Bonchev–Trinajstić information content (AvgIpc) is 2.42. The normalized spacial score (nSPS) is 10.3. The number of hydrogen-bond acceptors (Lipinski definition) is 3. The van der Waals surface area contributed by atoms with Crippen molar-refractivity contribution < 1.29 is 0 Å². The Morgan fingerprint density at radius 3 is 2.72 bits per heavy atom. The third-order valence-corrected chi connectivity index (χ3v) is 2.98. The molecule has 0 aliphatic heterocycles. The van der Waals surface area contributed by atoms with Gasteiger partial charge in [0, 0.05) is 13.1 Å². The van der Waals surface area contributed by atoms with E-state index in [0.29, 0.717) is 18.8 Å². The summed E-state index contributed by atoms with van der Waals surface area (Å²) in [6.45, 7) is 2.97. The zero-order valence-corrected chi connectivity index (χ0v) is 10.8. The van der Waals surface area contributed by atoms with Crippen molar-refractivity contribution in [1.82, 2.24) is 9.78 Å². The van der Waals surface area contributed by atoms with E-state index in [1.807, 2.05) is 37.3 Å². The molecule has 0 unspecified atom stereocenters. The van der Waals surface area contributed by atoms with E-state index in [4.69, 9.17) is 11.6 Å². The molecule has 94 valence electrons. The monoisotopic (exact) mass is 263 g/mol. The Morgan fingerprint density at radius 1 is 1.33 bits per heavy atom. The van der Waals surface area contributed by atoms with Crippen LogP contribution >= 0.6 is 11.6 Å². The molecule has 1 aromatic heterocycles. The van der Waals surface area contributed by atoms with Gasteiger partial charge in [-0.3, -0.25) is 4.79 Å². The van der Waals surface area contributed by atoms with Crippen LogP contribution in [0, 0.1) is 0 Å². The molecule has 0 fully saturated rings. The molecule has 0 spiro atoms. The lowest BCUT2D eigenvalue weighted by atomic mass is 10.2. The molecular weight excluding hydrogens is 250 g/mol. The highest BCUT2D eigenvalue weighted by Gasteiger charge is 2.07. The Balaban J connectivity index is 2.16. The topological polar surface area (TPSA) is 46.9 Å². The third-order valence-electron chi connectivity index (χ3n) is 2.61. The quantitative estimate of drug-likeness (QED) is 0.922. The highest BCUT2D eigenvalue weighted by atomic mass is 35.5. The summed E-state index contributed by atoms with van der Waals surface area (Å²) in [6, 6.07) is 9.89. The minimum Gasteiger partial charge on any atom is -0.378 e. The molecule has 0 aliphatic carbocycles. The molecule has 0 radical (unpaired) electrons. The van der Waals surface area contributed by atoms with Gasteiger partial charge in [-0.2, -0.15) is 5.10 Å². The highest BCUT2D eigenvalue weighted by molar-refractivity contribution is 6.32. The summed E-state index contributed by atoms with van der Waals surface area (Å²) in [5.41, 5.74) is 1.42. The van der Waals surface area contributed by atoms with Crippen LogP contribution in [-0.4, -0.2) is 9.78 Å². The van der Waals surface area contributed by atoms with Crippen molar-refractivity contribution >= 4 is 17.3 Å². The van der Waals surface area contributed by atoms with Crippen LogP contribution in [0.25, 0.3) is 0 Å². The van der Waals surface area contributed by atoms with Crippen LogP contribution in [0.2, 0.25) is 5.02 Å². The SMILES string of the molecule is CCn1ncc(NCc2ccccc2)c(Cl)c1=O. The third kappa shape index (κ3) is 2.71. The average molecular weight is 264 g/mol. The minimum atomic E-state index is -0.266. The fourth-order valence-electron chi connectivity index (χ4n) is 1.61. The molecule has 1 aromatic carbocycles. The summed E-state index contributed by atoms with van der Waals surface area (Å²) in [4.78, 5) is 11.8. The van der Waals surface area contributed by atoms with Crippen LogP contribution in [0.1, 0.15) is 12.5 Å². The summed E-state index contributed by atoms with van der Waals surface area (Å²) < 4.78 is 1.33. The Labute approximate surface area is 110 Å². The standard InChI is InChI=1S/C13H14ClN3O/c1-2-17-13(18)12(14)11(9-16-17)15-8-10-6-4-3-5-7-10/h3-7,9,15H,2,8H2,1H3. The predicted octanol–water partition coefficient (Wildman–Crippen LogP) is 2.53. The van der Waals surface area contributed by atoms with E-state index in [-0.39, 0.29) is 10.6 Å². The predicted molar refractivity (Wildman–Crippen MR) is 72.9 cm³/mol. The summed E-state index contributed by atoms with van der Waals surface area (Å²) in [5, 5.41) is 7.32. The van der Waals surface area contributed by atoms with Crippen molar-refractivity contribution in [1.29, 1.82) is 0 Å². The first-order valence-corrected chi connectivity index (χ1v) is 6.13. The van der Waals surface area contributed by atoms with Crippen LogP contribution in [0.4, 0.5) is 5.69 Å². The first-order valence-electron chi connectivity index (χ1n) is 5.75. The fraction of sp³-hybridized carbons (Fsp3) is 0.231. The number of nitrogens with zero attached hydrogens (tertiary/aromatic N) is 2. The number of hydrogen-bond donors (Lipinski definition) is 1. The summed E-state index contributed by atoms with van der Waals surface area (Å²) in [7, 11) is 0. The van der Waals surface area contributed by atoms with Crippen molar-refractivity contribution in [3.05, 3.63) is 57.5 Å². The molecule has 0 bridgehead atoms. The largest absolute Gasteiger partial charge is 0.378 e. The first kappa shape index (κ1) is 12.6. The Morgan fingerprint density at radius 2 is 2.06 bits per heavy atom. The molecule has 1 heterocycles. The van der Waals surface area contributed by atoms with Gasteiger partial charge in [0.15, 0.2) is 0 Å². The smallest absolute Gasteiger partial charge is 0.287 e. The molecule has 2 aromatic rings. The van der Waals surface area contributed by atoms with Gasteiger partial charge in [-0.1, -0.05) is 41.9 Å². The fourth-order valence-corrected chi connectivity index (χ4v) is 1.82. The lowest BCUT2D eigenvalue weighted by Gasteiger charge is -2.09. The van der Waals surface area contributed by atoms with Crippen molar-refractivity contribution in [2.75, 3.05) is 5.32 Å². The number of rotatable bonds is 4. The Kier molecular flexibility index (Phi) is 3.99. The van der Waals surface area contributed by atoms with E-state index < -0.39 is 0 Å². The van der Waals surface area contributed by atoms with Crippen LogP contribution in [-0.2, 0) is 13.1 Å². The minimum absolute atomic E-state index is 0.183. The van der Waals surface area contributed by atoms with Gasteiger partial charge in [-0.25, -0.2) is 4.68 Å². The van der Waals surface area contributed by atoms with Gasteiger partial charge in [0.05, 0.1) is 11.9 Å². The number of aromatic nitrogens is 2. The van der Waals surface area contributed by atoms with Gasteiger partial charge in [-0.15, -0.1) is 0 Å². The van der Waals surface area contributed by atoms with Gasteiger partial charge >= 0.3 is 0 Å². The van der Waals surface area contributed by atoms with E-state index >= 15 is 0 Å². The molecule has 1 N–H and O–H groups in total. The Hall–Kier alpha value is -1.81. The van der Waals surface area contributed by atoms with Crippen LogP contribution < -0.4 is 10.9 Å². The molecule has 0 saturated heterocycles. The zero-order valence-electron chi connectivity index (χ0n) is 10.1. The van der Waals surface area contributed by atoms with Crippen molar-refractivity contribution in [3.63, 3.8) is 0 Å². The van der Waals surface area contributed by atoms with E-state index in [0.717, 1.165) is 5.56 Å². The zero-order chi connectivity index (χ0) is 13.0. The molecule has 0 saturated carbocycles. The Bertz CT molecular complexity index is 581. The van der Waals surface area contributed by atoms with Crippen molar-refractivity contribution in [2.45, 2.75) is 20.0 Å². The van der Waals surface area contributed by atoms with Gasteiger partial charge in [-0.05, 0) is 12.5 Å². The number of anilines is 1. The maximum Gasteiger partial charge on any atom is 0.287 e. The maximum absolute atomic E-state index is 11.8. The van der Waals surface area contributed by atoms with Gasteiger partial charge in [0.1, 0.15) is 5.02 Å². The van der Waals surface area contributed by atoms with E-state index in [9.17, 15) is 4.79 Å². The molecule has 5 heteroatoms. The molecule has 2 rings (SSSR count). The van der Waals surface area contributed by atoms with E-state index in [1.165, 1.54) is 4.68 Å². The lowest BCUT2D eigenvalue weighted by Crippen LogP contribution is -2.23. The number of nitrogens with one attached hydrogen (secondary N) is 1. The molecule has 0 atom stereocenters. The molecular formula is C13H14ClN3O. The van der Waals surface area contributed by atoms with Gasteiger partial charge < -0.3 is 5.32 Å². The van der Waals surface area contributed by atoms with E-state index in [2.05, 4.69) is 10.4 Å². The summed E-state index contributed by atoms with van der Waals surface area (Å²) in [5.74, 6) is 0. The number of benzene rings is 1. The first-order chi connectivity index (χ1) is 8.72. The summed E-state index contributed by atoms with van der Waals surface area (Å²) >= 11 is 6.01. The van der Waals surface area contributed by atoms with Crippen LogP contribution in [0.3, 0.4) is 0 Å². The molecule has 18 heavy (non-hydrogen) atoms. The molecule has 4 nitrogen and oxygen atoms in total. The number of aryl methyl sites for hydroxylation is 1. The maximum atomic E-state index is 11.8. The van der Waals surface area contributed by atoms with E-state index in [1.54, 1.807) is 6.20 Å². The van der Waals surface area contributed by atoms with Crippen LogP contribution in [0.5, 0.6) is 0 Å². The van der Waals surface area contributed by atoms with Gasteiger partial charge in [0.25, 0.3) is 5.56 Å². The number of halogens is 1. The summed E-state index contributed by atoms with van der Waals surface area (Å²) in [6.07, 6.45) is 1.58. The van der Waals surface area contributed by atoms with Crippen molar-refractivity contribution in [2.24, 2.45) is 0 Å². The second-order valence-electron chi connectivity index (χ2n) is 3.83. The van der Waals surface area contributed by atoms with Crippen LogP contribution in [0.15, 0.2) is 41.3 Å². The second kappa shape index (κ2) is 5.69. The lowest BCUT2D eigenvalue weighted by molar-refractivity contribution is 0.616.